The molecule has 2 aliphatic rings. The third kappa shape index (κ3) is 3.20. The summed E-state index contributed by atoms with van der Waals surface area (Å²) in [4.78, 5) is 0. The molecule has 0 amide bonds. The van der Waals surface area contributed by atoms with Crippen LogP contribution in [0.2, 0.25) is 0 Å². The zero-order chi connectivity index (χ0) is 13.1. The predicted molar refractivity (Wildman–Crippen MR) is 81.2 cm³/mol. The van der Waals surface area contributed by atoms with Crippen molar-refractivity contribution >= 4 is 0 Å². The highest BCUT2D eigenvalue weighted by Crippen LogP contribution is 2.31. The molecule has 0 heterocycles. The molecule has 1 atom stereocenters. The monoisotopic (exact) mass is 257 g/mol. The van der Waals surface area contributed by atoms with E-state index in [9.17, 15) is 0 Å². The molecule has 19 heavy (non-hydrogen) atoms. The number of hydrogen-bond acceptors (Lipinski definition) is 1. The molecule has 0 bridgehead atoms. The molecule has 1 saturated carbocycles. The fraction of sp³-hybridized carbons (Fsp3) is 0.667. The van der Waals surface area contributed by atoms with Gasteiger partial charge in [-0.25, -0.2) is 0 Å². The second-order valence-corrected chi connectivity index (χ2v) is 6.58. The molecule has 1 fully saturated rings. The molecule has 0 spiro atoms. The minimum absolute atomic E-state index is 0.258. The summed E-state index contributed by atoms with van der Waals surface area (Å²) in [5.74, 6) is 0.866. The molecule has 0 radical (unpaired) electrons. The van der Waals surface area contributed by atoms with Gasteiger partial charge in [-0.05, 0) is 48.3 Å². The Balaban J connectivity index is 1.64. The molecular weight excluding hydrogens is 230 g/mol. The van der Waals surface area contributed by atoms with E-state index >= 15 is 0 Å². The van der Waals surface area contributed by atoms with Crippen LogP contribution in [0.5, 0.6) is 0 Å². The molecular formula is C18H27N. The lowest BCUT2D eigenvalue weighted by Crippen LogP contribution is -2.15. The maximum absolute atomic E-state index is 6.47. The Morgan fingerprint density at radius 2 is 1.68 bits per heavy atom. The lowest BCUT2D eigenvalue weighted by Gasteiger charge is -2.20. The Morgan fingerprint density at radius 1 is 0.947 bits per heavy atom. The number of fused-ring (bicyclic) bond motifs is 1. The van der Waals surface area contributed by atoms with Gasteiger partial charge in [0.15, 0.2) is 0 Å². The topological polar surface area (TPSA) is 26.0 Å². The van der Waals surface area contributed by atoms with Crippen molar-refractivity contribution in [2.45, 2.75) is 70.3 Å². The minimum atomic E-state index is 0.258. The summed E-state index contributed by atoms with van der Waals surface area (Å²) in [6, 6.07) is 7.26. The summed E-state index contributed by atoms with van der Waals surface area (Å²) < 4.78 is 0. The Morgan fingerprint density at radius 3 is 2.47 bits per heavy atom. The second kappa shape index (κ2) is 6.09. The van der Waals surface area contributed by atoms with Crippen LogP contribution in [0.4, 0.5) is 0 Å². The summed E-state index contributed by atoms with van der Waals surface area (Å²) in [7, 11) is 0. The Bertz CT molecular complexity index is 416. The van der Waals surface area contributed by atoms with Crippen LogP contribution in [0.3, 0.4) is 0 Å². The number of benzene rings is 1. The largest absolute Gasteiger partial charge is 0.324 e. The molecule has 1 nitrogen and oxygen atoms in total. The van der Waals surface area contributed by atoms with E-state index in [2.05, 4.69) is 18.2 Å². The van der Waals surface area contributed by atoms with E-state index in [1.54, 1.807) is 11.1 Å². The van der Waals surface area contributed by atoms with Crippen molar-refractivity contribution < 1.29 is 0 Å². The zero-order valence-corrected chi connectivity index (χ0v) is 12.0. The van der Waals surface area contributed by atoms with E-state index in [1.165, 1.54) is 69.8 Å². The Hall–Kier alpha value is -0.820. The van der Waals surface area contributed by atoms with Crippen molar-refractivity contribution in [3.8, 4) is 0 Å². The average Bonchev–Trinajstić information content (AvgIpc) is 2.75. The first kappa shape index (κ1) is 13.2. The molecule has 2 aliphatic carbocycles. The van der Waals surface area contributed by atoms with E-state index in [1.807, 2.05) is 0 Å². The van der Waals surface area contributed by atoms with Gasteiger partial charge in [-0.15, -0.1) is 0 Å². The van der Waals surface area contributed by atoms with Crippen molar-refractivity contribution in [1.82, 2.24) is 0 Å². The van der Waals surface area contributed by atoms with Crippen LogP contribution in [0.25, 0.3) is 0 Å². The Kier molecular flexibility index (Phi) is 4.22. The van der Waals surface area contributed by atoms with E-state index < -0.39 is 0 Å². The van der Waals surface area contributed by atoms with Gasteiger partial charge in [-0.1, -0.05) is 56.7 Å². The van der Waals surface area contributed by atoms with Gasteiger partial charge in [0.25, 0.3) is 0 Å². The van der Waals surface area contributed by atoms with Gasteiger partial charge >= 0.3 is 0 Å². The van der Waals surface area contributed by atoms with E-state index in [-0.39, 0.29) is 6.04 Å². The number of nitrogens with two attached hydrogens (primary N) is 1. The number of aryl methyl sites for hydroxylation is 2. The molecule has 1 unspecified atom stereocenters. The van der Waals surface area contributed by atoms with Crippen molar-refractivity contribution in [3.63, 3.8) is 0 Å². The first-order valence-electron chi connectivity index (χ1n) is 8.20. The second-order valence-electron chi connectivity index (χ2n) is 6.58. The molecule has 0 aliphatic heterocycles. The van der Waals surface area contributed by atoms with Gasteiger partial charge in [0.2, 0.25) is 0 Å². The normalized spacial score (nSPS) is 21.9. The van der Waals surface area contributed by atoms with Crippen molar-refractivity contribution in [3.05, 3.63) is 34.9 Å². The summed E-state index contributed by atoms with van der Waals surface area (Å²) in [6.07, 6.45) is 13.6. The zero-order valence-electron chi connectivity index (χ0n) is 12.0. The number of rotatable bonds is 3. The maximum Gasteiger partial charge on any atom is 0.0297 e. The molecule has 1 aromatic rings. The van der Waals surface area contributed by atoms with Gasteiger partial charge in [0.05, 0.1) is 0 Å². The third-order valence-corrected chi connectivity index (χ3v) is 5.11. The van der Waals surface area contributed by atoms with Gasteiger partial charge in [-0.3, -0.25) is 0 Å². The summed E-state index contributed by atoms with van der Waals surface area (Å²) >= 11 is 0. The first-order valence-corrected chi connectivity index (χ1v) is 8.20. The molecule has 0 aromatic heterocycles. The molecule has 0 saturated heterocycles. The highest BCUT2D eigenvalue weighted by molar-refractivity contribution is 5.36. The lowest BCUT2D eigenvalue weighted by atomic mass is 9.89. The fourth-order valence-corrected chi connectivity index (χ4v) is 3.92. The fourth-order valence-electron chi connectivity index (χ4n) is 3.92. The van der Waals surface area contributed by atoms with Crippen molar-refractivity contribution in [2.24, 2.45) is 11.7 Å². The summed E-state index contributed by atoms with van der Waals surface area (Å²) in [6.45, 7) is 0. The van der Waals surface area contributed by atoms with Crippen LogP contribution in [0.1, 0.15) is 74.1 Å². The van der Waals surface area contributed by atoms with Gasteiger partial charge < -0.3 is 5.73 Å². The van der Waals surface area contributed by atoms with Crippen LogP contribution >= 0.6 is 0 Å². The standard InChI is InChI=1S/C18H27N/c19-18(12-14-6-3-1-2-4-7-14)17-11-10-15-8-5-9-16(15)13-17/h10-11,13-14,18H,1-9,12,19H2. The maximum atomic E-state index is 6.47. The molecule has 1 heteroatoms. The highest BCUT2D eigenvalue weighted by Gasteiger charge is 2.18. The molecule has 3 rings (SSSR count). The summed E-state index contributed by atoms with van der Waals surface area (Å²) in [5.41, 5.74) is 11.0. The lowest BCUT2D eigenvalue weighted by molar-refractivity contribution is 0.393. The van der Waals surface area contributed by atoms with E-state index in [0.29, 0.717) is 0 Å². The van der Waals surface area contributed by atoms with Crippen molar-refractivity contribution in [1.29, 1.82) is 0 Å². The SMILES string of the molecule is NC(CC1CCCCCC1)c1ccc2c(c1)CCC2. The molecule has 2 N–H and O–H groups in total. The van der Waals surface area contributed by atoms with Gasteiger partial charge in [0.1, 0.15) is 0 Å². The van der Waals surface area contributed by atoms with Crippen LogP contribution in [0, 0.1) is 5.92 Å². The van der Waals surface area contributed by atoms with Gasteiger partial charge in [0, 0.05) is 6.04 Å². The first-order chi connectivity index (χ1) is 9.33. The quantitative estimate of drug-likeness (QED) is 0.791. The van der Waals surface area contributed by atoms with E-state index in [0.717, 1.165) is 5.92 Å². The van der Waals surface area contributed by atoms with Crippen LogP contribution in [-0.2, 0) is 12.8 Å². The van der Waals surface area contributed by atoms with Crippen LogP contribution < -0.4 is 5.73 Å². The molecule has 104 valence electrons. The van der Waals surface area contributed by atoms with Crippen LogP contribution in [0.15, 0.2) is 18.2 Å². The molecule has 1 aromatic carbocycles. The highest BCUT2D eigenvalue weighted by atomic mass is 14.6. The minimum Gasteiger partial charge on any atom is -0.324 e. The Labute approximate surface area is 117 Å². The average molecular weight is 257 g/mol. The van der Waals surface area contributed by atoms with Crippen molar-refractivity contribution in [2.75, 3.05) is 0 Å². The van der Waals surface area contributed by atoms with Gasteiger partial charge in [-0.2, -0.15) is 0 Å². The smallest absolute Gasteiger partial charge is 0.0297 e. The third-order valence-electron chi connectivity index (χ3n) is 5.11. The summed E-state index contributed by atoms with van der Waals surface area (Å²) in [5, 5.41) is 0. The predicted octanol–water partition coefficient (Wildman–Crippen LogP) is 4.54. The van der Waals surface area contributed by atoms with E-state index in [4.69, 9.17) is 5.73 Å². The van der Waals surface area contributed by atoms with Crippen LogP contribution in [-0.4, -0.2) is 0 Å². The number of hydrogen-bond donors (Lipinski definition) is 1.